The topological polar surface area (TPSA) is 70.4 Å². The van der Waals surface area contributed by atoms with Crippen LogP contribution in [0, 0.1) is 11.8 Å². The second-order valence-electron chi connectivity index (χ2n) is 10.9. The van der Waals surface area contributed by atoms with Crippen LogP contribution >= 0.6 is 0 Å². The summed E-state index contributed by atoms with van der Waals surface area (Å²) in [6.07, 6.45) is 9.92. The fraction of sp³-hybridized carbons (Fsp3) is 0.514. The summed E-state index contributed by atoms with van der Waals surface area (Å²) in [6, 6.07) is 18.9. The van der Waals surface area contributed by atoms with E-state index in [-0.39, 0.29) is 6.42 Å². The van der Waals surface area contributed by atoms with Crippen LogP contribution in [-0.2, 0) is 19.1 Å². The summed E-state index contributed by atoms with van der Waals surface area (Å²) in [5.74, 6) is -0.198. The van der Waals surface area contributed by atoms with E-state index in [9.17, 15) is 9.59 Å². The fourth-order valence-corrected chi connectivity index (χ4v) is 5.10. The number of hydrogen-bond donors (Lipinski definition) is 0. The summed E-state index contributed by atoms with van der Waals surface area (Å²) in [5, 5.41) is 0. The van der Waals surface area contributed by atoms with Crippen LogP contribution in [0.4, 0.5) is 0 Å². The number of rotatable bonds is 18. The number of imidazole rings is 1. The van der Waals surface area contributed by atoms with Gasteiger partial charge in [-0.25, -0.2) is 9.78 Å². The summed E-state index contributed by atoms with van der Waals surface area (Å²) >= 11 is 0. The van der Waals surface area contributed by atoms with Gasteiger partial charge in [-0.05, 0) is 24.7 Å². The Balaban J connectivity index is 1.94. The Morgan fingerprint density at radius 2 is 1.29 bits per heavy atom. The first-order valence-corrected chi connectivity index (χ1v) is 15.5. The van der Waals surface area contributed by atoms with E-state index in [4.69, 9.17) is 14.5 Å². The summed E-state index contributed by atoms with van der Waals surface area (Å²) in [7, 11) is 0. The molecule has 0 aliphatic rings. The van der Waals surface area contributed by atoms with E-state index in [0.717, 1.165) is 73.9 Å². The molecule has 0 bridgehead atoms. The molecular weight excluding hydrogens is 512 g/mol. The highest BCUT2D eigenvalue weighted by molar-refractivity contribution is 5.85. The van der Waals surface area contributed by atoms with Gasteiger partial charge in [0.25, 0.3) is 0 Å². The molecule has 3 atom stereocenters. The predicted molar refractivity (Wildman–Crippen MR) is 165 cm³/mol. The van der Waals surface area contributed by atoms with Crippen molar-refractivity contribution in [1.82, 2.24) is 9.55 Å². The Hall–Kier alpha value is -3.41. The minimum Gasteiger partial charge on any atom is -0.465 e. The number of aromatic nitrogens is 2. The molecule has 0 radical (unpaired) electrons. The normalized spacial score (nSPS) is 13.4. The Bertz CT molecular complexity index is 1180. The maximum absolute atomic E-state index is 13.8. The van der Waals surface area contributed by atoms with Crippen LogP contribution in [0.25, 0.3) is 22.5 Å². The number of nitrogens with zero attached hydrogens (tertiary/aromatic N) is 2. The van der Waals surface area contributed by atoms with Crippen molar-refractivity contribution in [3.05, 3.63) is 67.0 Å². The Kier molecular flexibility index (Phi) is 13.6. The smallest absolute Gasteiger partial charge is 0.329 e. The molecule has 0 N–H and O–H groups in total. The van der Waals surface area contributed by atoms with Crippen molar-refractivity contribution < 1.29 is 19.1 Å². The zero-order valence-electron chi connectivity index (χ0n) is 25.4. The average Bonchev–Trinajstić information content (AvgIpc) is 3.45. The van der Waals surface area contributed by atoms with E-state index in [2.05, 4.69) is 27.7 Å². The van der Waals surface area contributed by atoms with Crippen molar-refractivity contribution in [3.63, 3.8) is 0 Å². The van der Waals surface area contributed by atoms with Gasteiger partial charge in [0.1, 0.15) is 6.04 Å². The van der Waals surface area contributed by atoms with Crippen LogP contribution in [0.1, 0.15) is 91.5 Å². The SMILES string of the molecule is CCCCC(CC)COC(=O)CC(C(=O)OCC(CC)CCCC)n1cnc(-c2ccccc2)c1-c1ccccc1. The minimum absolute atomic E-state index is 0.112. The van der Waals surface area contributed by atoms with Crippen molar-refractivity contribution in [3.8, 4) is 22.5 Å². The van der Waals surface area contributed by atoms with Crippen LogP contribution in [0.5, 0.6) is 0 Å². The lowest BCUT2D eigenvalue weighted by atomic mass is 10.0. The summed E-state index contributed by atoms with van der Waals surface area (Å²) in [5.41, 5.74) is 3.38. The van der Waals surface area contributed by atoms with Gasteiger partial charge in [-0.1, -0.05) is 127 Å². The Morgan fingerprint density at radius 1 is 0.756 bits per heavy atom. The van der Waals surface area contributed by atoms with Crippen molar-refractivity contribution >= 4 is 11.9 Å². The van der Waals surface area contributed by atoms with E-state index in [1.54, 1.807) is 6.33 Å². The van der Waals surface area contributed by atoms with Crippen LogP contribution in [0.2, 0.25) is 0 Å². The first-order chi connectivity index (χ1) is 20.0. The maximum Gasteiger partial charge on any atom is 0.329 e. The molecule has 41 heavy (non-hydrogen) atoms. The maximum atomic E-state index is 13.8. The van der Waals surface area contributed by atoms with Gasteiger partial charge in [0.2, 0.25) is 0 Å². The van der Waals surface area contributed by atoms with E-state index in [0.29, 0.717) is 25.0 Å². The fourth-order valence-electron chi connectivity index (χ4n) is 5.10. The molecule has 0 aliphatic carbocycles. The minimum atomic E-state index is -0.887. The Labute approximate surface area is 246 Å². The van der Waals surface area contributed by atoms with Crippen LogP contribution in [-0.4, -0.2) is 34.7 Å². The zero-order chi connectivity index (χ0) is 29.5. The molecule has 0 spiro atoms. The van der Waals surface area contributed by atoms with Gasteiger partial charge in [0.05, 0.1) is 37.3 Å². The number of unbranched alkanes of at least 4 members (excludes halogenated alkanes) is 2. The number of esters is 2. The zero-order valence-corrected chi connectivity index (χ0v) is 25.4. The number of carbonyl (C=O) groups is 2. The van der Waals surface area contributed by atoms with Gasteiger partial charge >= 0.3 is 11.9 Å². The molecule has 0 amide bonds. The molecule has 6 nitrogen and oxygen atoms in total. The molecule has 2 aromatic carbocycles. The molecule has 6 heteroatoms. The molecule has 0 saturated heterocycles. The summed E-state index contributed by atoms with van der Waals surface area (Å²) in [4.78, 5) is 31.7. The number of benzene rings is 2. The van der Waals surface area contributed by atoms with Gasteiger partial charge in [-0.3, -0.25) is 4.79 Å². The van der Waals surface area contributed by atoms with E-state index < -0.39 is 18.0 Å². The third-order valence-corrected chi connectivity index (χ3v) is 7.88. The standard InChI is InChI=1S/C35H48N2O4/c1-5-9-17-27(7-3)24-40-32(38)23-31(35(39)41-25-28(8-4)18-10-6-2)37-26-36-33(29-19-13-11-14-20-29)34(37)30-21-15-12-16-22-30/h11-16,19-22,26-28,31H,5-10,17-18,23-25H2,1-4H3. The van der Waals surface area contributed by atoms with Gasteiger partial charge < -0.3 is 14.0 Å². The number of ether oxygens (including phenoxy) is 2. The van der Waals surface area contributed by atoms with Crippen LogP contribution in [0.3, 0.4) is 0 Å². The van der Waals surface area contributed by atoms with E-state index in [1.165, 1.54) is 0 Å². The molecule has 0 fully saturated rings. The third kappa shape index (κ3) is 9.58. The lowest BCUT2D eigenvalue weighted by molar-refractivity contribution is -0.156. The average molecular weight is 561 g/mol. The van der Waals surface area contributed by atoms with Crippen molar-refractivity contribution in [2.45, 2.75) is 91.5 Å². The lowest BCUT2D eigenvalue weighted by Gasteiger charge is -2.22. The number of hydrogen-bond acceptors (Lipinski definition) is 5. The monoisotopic (exact) mass is 560 g/mol. The van der Waals surface area contributed by atoms with E-state index in [1.807, 2.05) is 65.2 Å². The molecule has 3 rings (SSSR count). The van der Waals surface area contributed by atoms with Crippen LogP contribution < -0.4 is 0 Å². The highest BCUT2D eigenvalue weighted by Crippen LogP contribution is 2.34. The van der Waals surface area contributed by atoms with Gasteiger partial charge in [0, 0.05) is 11.1 Å². The molecule has 3 unspecified atom stereocenters. The van der Waals surface area contributed by atoms with Crippen LogP contribution in [0.15, 0.2) is 67.0 Å². The molecule has 0 saturated carbocycles. The van der Waals surface area contributed by atoms with Gasteiger partial charge in [-0.2, -0.15) is 0 Å². The van der Waals surface area contributed by atoms with Crippen molar-refractivity contribution in [2.75, 3.05) is 13.2 Å². The largest absolute Gasteiger partial charge is 0.465 e. The van der Waals surface area contributed by atoms with E-state index >= 15 is 0 Å². The van der Waals surface area contributed by atoms with Gasteiger partial charge in [0.15, 0.2) is 0 Å². The highest BCUT2D eigenvalue weighted by atomic mass is 16.5. The number of carbonyl (C=O) groups excluding carboxylic acids is 2. The first-order valence-electron chi connectivity index (χ1n) is 15.5. The Morgan fingerprint density at radius 3 is 1.83 bits per heavy atom. The van der Waals surface area contributed by atoms with Crippen molar-refractivity contribution in [2.24, 2.45) is 11.8 Å². The first kappa shape index (κ1) is 32.1. The molecule has 3 aromatic rings. The third-order valence-electron chi connectivity index (χ3n) is 7.88. The summed E-state index contributed by atoms with van der Waals surface area (Å²) < 4.78 is 13.5. The summed E-state index contributed by atoms with van der Waals surface area (Å²) in [6.45, 7) is 9.30. The quantitative estimate of drug-likeness (QED) is 0.146. The lowest BCUT2D eigenvalue weighted by Crippen LogP contribution is -2.28. The molecular formula is C35H48N2O4. The molecule has 222 valence electrons. The molecule has 1 heterocycles. The predicted octanol–water partition coefficient (Wildman–Crippen LogP) is 8.67. The molecule has 0 aliphatic heterocycles. The second kappa shape index (κ2) is 17.4. The van der Waals surface area contributed by atoms with Crippen molar-refractivity contribution in [1.29, 1.82) is 0 Å². The highest BCUT2D eigenvalue weighted by Gasteiger charge is 2.31. The second-order valence-corrected chi connectivity index (χ2v) is 10.9. The van der Waals surface area contributed by atoms with Gasteiger partial charge in [-0.15, -0.1) is 0 Å². The molecule has 1 aromatic heterocycles.